The van der Waals surface area contributed by atoms with E-state index in [-0.39, 0.29) is 5.56 Å². The minimum absolute atomic E-state index is 0.0368. The molecule has 3 aromatic rings. The molecule has 0 bridgehead atoms. The summed E-state index contributed by atoms with van der Waals surface area (Å²) in [5.74, 6) is 0. The number of benzene rings is 2. The summed E-state index contributed by atoms with van der Waals surface area (Å²) in [6.07, 6.45) is 5.92. The molecule has 1 saturated carbocycles. The summed E-state index contributed by atoms with van der Waals surface area (Å²) in [7, 11) is 0. The van der Waals surface area contributed by atoms with Crippen LogP contribution in [0, 0.1) is 13.8 Å². The zero-order chi connectivity index (χ0) is 21.1. The standard InChI is InChI=1S/C25H29N3OS/c1-17-8-11-21(12-9-17)26-25(30)28(22-6-4-3-5-7-22)16-20-15-19-14-18(2)10-13-23(19)27-24(20)29/h8-15,22H,3-7,16H2,1-2H3,(H,26,30)(H,27,29). The molecule has 0 atom stereocenters. The van der Waals surface area contributed by atoms with Crippen LogP contribution < -0.4 is 10.9 Å². The van der Waals surface area contributed by atoms with Crippen molar-refractivity contribution in [2.75, 3.05) is 5.32 Å². The minimum atomic E-state index is -0.0368. The second kappa shape index (κ2) is 9.00. The number of hydrogen-bond donors (Lipinski definition) is 2. The van der Waals surface area contributed by atoms with Crippen LogP contribution >= 0.6 is 12.2 Å². The second-order valence-corrected chi connectivity index (χ2v) is 8.82. The second-order valence-electron chi connectivity index (χ2n) is 8.43. The minimum Gasteiger partial charge on any atom is -0.342 e. The van der Waals surface area contributed by atoms with Crippen LogP contribution in [0.25, 0.3) is 10.9 Å². The van der Waals surface area contributed by atoms with Gasteiger partial charge in [-0.3, -0.25) is 4.79 Å². The Morgan fingerprint density at radius 2 is 1.73 bits per heavy atom. The summed E-state index contributed by atoms with van der Waals surface area (Å²) in [5.41, 5.74) is 4.97. The zero-order valence-electron chi connectivity index (χ0n) is 17.7. The Balaban J connectivity index is 1.63. The smallest absolute Gasteiger partial charge is 0.253 e. The van der Waals surface area contributed by atoms with Crippen molar-refractivity contribution >= 4 is 33.9 Å². The Morgan fingerprint density at radius 1 is 1.03 bits per heavy atom. The van der Waals surface area contributed by atoms with Gasteiger partial charge in [-0.15, -0.1) is 0 Å². The zero-order valence-corrected chi connectivity index (χ0v) is 18.5. The highest BCUT2D eigenvalue weighted by Crippen LogP contribution is 2.25. The maximum Gasteiger partial charge on any atom is 0.253 e. The number of rotatable bonds is 4. The third kappa shape index (κ3) is 4.73. The van der Waals surface area contributed by atoms with Gasteiger partial charge in [-0.25, -0.2) is 0 Å². The molecule has 1 heterocycles. The lowest BCUT2D eigenvalue weighted by atomic mass is 9.94. The van der Waals surface area contributed by atoms with Gasteiger partial charge in [0.25, 0.3) is 5.56 Å². The Kier molecular flexibility index (Phi) is 6.18. The molecule has 4 nitrogen and oxygen atoms in total. The van der Waals surface area contributed by atoms with Crippen molar-refractivity contribution in [2.24, 2.45) is 0 Å². The molecule has 1 aliphatic carbocycles. The van der Waals surface area contributed by atoms with Gasteiger partial charge in [-0.05, 0) is 74.6 Å². The number of aromatic nitrogens is 1. The van der Waals surface area contributed by atoms with Crippen molar-refractivity contribution in [3.05, 3.63) is 75.6 Å². The highest BCUT2D eigenvalue weighted by atomic mass is 32.1. The van der Waals surface area contributed by atoms with E-state index in [0.29, 0.717) is 17.7 Å². The molecule has 2 N–H and O–H groups in total. The van der Waals surface area contributed by atoms with Crippen LogP contribution in [0.1, 0.15) is 48.8 Å². The molecule has 156 valence electrons. The number of pyridine rings is 1. The first-order valence-electron chi connectivity index (χ1n) is 10.8. The van der Waals surface area contributed by atoms with Gasteiger partial charge in [-0.1, -0.05) is 48.6 Å². The van der Waals surface area contributed by atoms with Gasteiger partial charge in [0.1, 0.15) is 0 Å². The Morgan fingerprint density at radius 3 is 2.47 bits per heavy atom. The third-order valence-electron chi connectivity index (χ3n) is 6.00. The highest BCUT2D eigenvalue weighted by Gasteiger charge is 2.24. The molecule has 0 saturated heterocycles. The summed E-state index contributed by atoms with van der Waals surface area (Å²) < 4.78 is 0. The van der Waals surface area contributed by atoms with Gasteiger partial charge in [-0.2, -0.15) is 0 Å². The normalized spacial score (nSPS) is 14.6. The SMILES string of the molecule is Cc1ccc(NC(=S)N(Cc2cc3cc(C)ccc3[nH]c2=O)C2CCCCC2)cc1. The van der Waals surface area contributed by atoms with Crippen molar-refractivity contribution < 1.29 is 0 Å². The number of aryl methyl sites for hydroxylation is 2. The van der Waals surface area contributed by atoms with E-state index in [4.69, 9.17) is 12.2 Å². The lowest BCUT2D eigenvalue weighted by molar-refractivity contribution is 0.240. The number of nitrogens with zero attached hydrogens (tertiary/aromatic N) is 1. The molecular formula is C25H29N3OS. The van der Waals surface area contributed by atoms with Gasteiger partial charge in [0, 0.05) is 22.8 Å². The van der Waals surface area contributed by atoms with Gasteiger partial charge in [0.2, 0.25) is 0 Å². The van der Waals surface area contributed by atoms with Crippen molar-refractivity contribution in [3.63, 3.8) is 0 Å². The van der Waals surface area contributed by atoms with E-state index in [9.17, 15) is 4.79 Å². The largest absolute Gasteiger partial charge is 0.342 e. The molecule has 1 aliphatic rings. The van der Waals surface area contributed by atoms with E-state index in [1.165, 1.54) is 30.4 Å². The molecule has 4 rings (SSSR count). The quantitative estimate of drug-likeness (QED) is 0.535. The summed E-state index contributed by atoms with van der Waals surface area (Å²) in [6, 6.07) is 16.7. The van der Waals surface area contributed by atoms with Gasteiger partial charge in [0.05, 0.1) is 6.54 Å². The number of anilines is 1. The number of aromatic amines is 1. The first kappa shape index (κ1) is 20.6. The molecule has 1 aromatic heterocycles. The van der Waals surface area contributed by atoms with Gasteiger partial charge in [0.15, 0.2) is 5.11 Å². The topological polar surface area (TPSA) is 48.1 Å². The number of fused-ring (bicyclic) bond motifs is 1. The first-order valence-corrected chi connectivity index (χ1v) is 11.2. The fourth-order valence-corrected chi connectivity index (χ4v) is 4.60. The summed E-state index contributed by atoms with van der Waals surface area (Å²) in [6.45, 7) is 4.66. The molecule has 30 heavy (non-hydrogen) atoms. The maximum atomic E-state index is 12.8. The summed E-state index contributed by atoms with van der Waals surface area (Å²) in [5, 5.41) is 5.15. The van der Waals surface area contributed by atoms with Crippen LogP contribution in [-0.2, 0) is 6.54 Å². The third-order valence-corrected chi connectivity index (χ3v) is 6.33. The molecule has 0 amide bonds. The van der Waals surface area contributed by atoms with Crippen LogP contribution in [0.5, 0.6) is 0 Å². The van der Waals surface area contributed by atoms with E-state index >= 15 is 0 Å². The summed E-state index contributed by atoms with van der Waals surface area (Å²) in [4.78, 5) is 18.1. The van der Waals surface area contributed by atoms with Crippen LogP contribution in [0.15, 0.2) is 53.3 Å². The number of H-pyrrole nitrogens is 1. The molecular weight excluding hydrogens is 390 g/mol. The van der Waals surface area contributed by atoms with Crippen LogP contribution in [0.3, 0.4) is 0 Å². The van der Waals surface area contributed by atoms with Crippen molar-refractivity contribution in [1.82, 2.24) is 9.88 Å². The first-order chi connectivity index (χ1) is 14.5. The lowest BCUT2D eigenvalue weighted by Gasteiger charge is -2.36. The molecule has 5 heteroatoms. The van der Waals surface area contributed by atoms with E-state index in [0.717, 1.165) is 35.0 Å². The molecule has 0 radical (unpaired) electrons. The average Bonchev–Trinajstić information content (AvgIpc) is 2.74. The van der Waals surface area contributed by atoms with E-state index in [1.807, 2.05) is 30.3 Å². The summed E-state index contributed by atoms with van der Waals surface area (Å²) >= 11 is 5.83. The van der Waals surface area contributed by atoms with Crippen LogP contribution in [0.4, 0.5) is 5.69 Å². The Hall–Kier alpha value is -2.66. The lowest BCUT2D eigenvalue weighted by Crippen LogP contribution is -2.44. The van der Waals surface area contributed by atoms with E-state index < -0.39 is 0 Å². The van der Waals surface area contributed by atoms with Gasteiger partial charge < -0.3 is 15.2 Å². The monoisotopic (exact) mass is 419 g/mol. The number of thiocarbonyl (C=S) groups is 1. The highest BCUT2D eigenvalue weighted by molar-refractivity contribution is 7.80. The maximum absolute atomic E-state index is 12.8. The van der Waals surface area contributed by atoms with Crippen molar-refractivity contribution in [3.8, 4) is 0 Å². The predicted octanol–water partition coefficient (Wildman–Crippen LogP) is 5.68. The fraction of sp³-hybridized carbons (Fsp3) is 0.360. The fourth-order valence-electron chi connectivity index (χ4n) is 4.26. The van der Waals surface area contributed by atoms with Gasteiger partial charge >= 0.3 is 0 Å². The van der Waals surface area contributed by atoms with Crippen molar-refractivity contribution in [1.29, 1.82) is 0 Å². The molecule has 0 aliphatic heterocycles. The number of hydrogen-bond acceptors (Lipinski definition) is 2. The van der Waals surface area contributed by atoms with Crippen molar-refractivity contribution in [2.45, 2.75) is 58.5 Å². The average molecular weight is 420 g/mol. The Bertz CT molecular complexity index is 1100. The van der Waals surface area contributed by atoms with Crippen LogP contribution in [-0.4, -0.2) is 21.0 Å². The molecule has 1 fully saturated rings. The van der Waals surface area contributed by atoms with Crippen LogP contribution in [0.2, 0.25) is 0 Å². The number of nitrogens with one attached hydrogen (secondary N) is 2. The Labute approximate surface area is 183 Å². The van der Waals surface area contributed by atoms with E-state index in [2.05, 4.69) is 47.2 Å². The predicted molar refractivity (Wildman–Crippen MR) is 129 cm³/mol. The molecule has 0 unspecified atom stereocenters. The van der Waals surface area contributed by atoms with E-state index in [1.54, 1.807) is 0 Å². The molecule has 2 aromatic carbocycles. The molecule has 0 spiro atoms.